The van der Waals surface area contributed by atoms with Crippen molar-refractivity contribution in [3.05, 3.63) is 34.9 Å². The number of carbonyl (C=O) groups is 2. The van der Waals surface area contributed by atoms with Crippen LogP contribution in [0.4, 0.5) is 0 Å². The number of hydrogen-bond acceptors (Lipinski definition) is 7. The fourth-order valence-electron chi connectivity index (χ4n) is 7.01. The lowest BCUT2D eigenvalue weighted by Gasteiger charge is -2.49. The van der Waals surface area contributed by atoms with Gasteiger partial charge in [-0.1, -0.05) is 39.0 Å². The second-order valence-corrected chi connectivity index (χ2v) is 10.8. The number of esters is 1. The van der Waals surface area contributed by atoms with Gasteiger partial charge in [-0.05, 0) is 44.3 Å². The predicted molar refractivity (Wildman–Crippen MR) is 116 cm³/mol. The number of rotatable bonds is 3. The van der Waals surface area contributed by atoms with Gasteiger partial charge in [-0.2, -0.15) is 0 Å². The molecule has 7 heteroatoms. The Morgan fingerprint density at radius 2 is 1.94 bits per heavy atom. The lowest BCUT2D eigenvalue weighted by Crippen LogP contribution is -2.66. The van der Waals surface area contributed by atoms with Crippen molar-refractivity contribution in [3.8, 4) is 0 Å². The topological polar surface area (TPSA) is 124 Å². The zero-order chi connectivity index (χ0) is 24.0. The van der Waals surface area contributed by atoms with Crippen molar-refractivity contribution in [1.82, 2.24) is 0 Å². The summed E-state index contributed by atoms with van der Waals surface area (Å²) in [4.78, 5) is 26.8. The van der Waals surface area contributed by atoms with Crippen molar-refractivity contribution in [2.75, 3.05) is 6.61 Å². The third-order valence-corrected chi connectivity index (χ3v) is 9.04. The Labute approximate surface area is 188 Å². The van der Waals surface area contributed by atoms with Crippen molar-refractivity contribution in [2.24, 2.45) is 28.6 Å². The lowest BCUT2D eigenvalue weighted by atomic mass is 9.59. The molecular formula is C25H34O7. The predicted octanol–water partition coefficient (Wildman–Crippen LogP) is 1.45. The van der Waals surface area contributed by atoms with Crippen LogP contribution in [0.15, 0.2) is 34.9 Å². The smallest absolute Gasteiger partial charge is 0.334 e. The van der Waals surface area contributed by atoms with Gasteiger partial charge in [-0.3, -0.25) is 4.79 Å². The van der Waals surface area contributed by atoms with Crippen molar-refractivity contribution >= 4 is 11.8 Å². The number of allylic oxidation sites excluding steroid dienone is 2. The van der Waals surface area contributed by atoms with Crippen LogP contribution in [0, 0.1) is 28.6 Å². The second-order valence-electron chi connectivity index (χ2n) is 10.8. The number of ether oxygens (including phenoxy) is 1. The largest absolute Gasteiger partial charge is 0.451 e. The first-order valence-corrected chi connectivity index (χ1v) is 11.3. The Balaban J connectivity index is 1.94. The molecule has 0 unspecified atom stereocenters. The van der Waals surface area contributed by atoms with E-state index in [1.165, 1.54) is 6.08 Å². The van der Waals surface area contributed by atoms with Crippen LogP contribution in [0.1, 0.15) is 48.0 Å². The van der Waals surface area contributed by atoms with Crippen LogP contribution in [-0.2, 0) is 14.3 Å². The molecule has 0 aliphatic heterocycles. The van der Waals surface area contributed by atoms with Crippen LogP contribution in [0.3, 0.4) is 0 Å². The van der Waals surface area contributed by atoms with E-state index < -0.39 is 64.6 Å². The maximum absolute atomic E-state index is 14.2. The van der Waals surface area contributed by atoms with E-state index in [2.05, 4.69) is 0 Å². The number of ketones is 1. The average molecular weight is 447 g/mol. The summed E-state index contributed by atoms with van der Waals surface area (Å²) in [5.41, 5.74) is -4.55. The van der Waals surface area contributed by atoms with Gasteiger partial charge >= 0.3 is 5.97 Å². The van der Waals surface area contributed by atoms with E-state index in [4.69, 9.17) is 4.74 Å². The van der Waals surface area contributed by atoms with Gasteiger partial charge in [-0.25, -0.2) is 4.79 Å². The van der Waals surface area contributed by atoms with E-state index in [1.807, 2.05) is 13.8 Å². The monoisotopic (exact) mass is 446 g/mol. The van der Waals surface area contributed by atoms with E-state index in [1.54, 1.807) is 39.8 Å². The molecule has 176 valence electrons. The van der Waals surface area contributed by atoms with Crippen LogP contribution >= 0.6 is 0 Å². The Hall–Kier alpha value is -1.80. The summed E-state index contributed by atoms with van der Waals surface area (Å²) in [6.45, 7) is 9.98. The second kappa shape index (κ2) is 6.86. The number of fused-ring (bicyclic) bond motifs is 3. The number of aliphatic hydroxyl groups is 4. The summed E-state index contributed by atoms with van der Waals surface area (Å²) >= 11 is 0. The molecule has 0 amide bonds. The summed E-state index contributed by atoms with van der Waals surface area (Å²) in [7, 11) is 0. The average Bonchev–Trinajstić information content (AvgIpc) is 3.10. The van der Waals surface area contributed by atoms with E-state index in [9.17, 15) is 30.0 Å². The molecule has 8 atom stereocenters. The van der Waals surface area contributed by atoms with Gasteiger partial charge in [-0.15, -0.1) is 0 Å². The Bertz CT molecular complexity index is 975. The van der Waals surface area contributed by atoms with Crippen molar-refractivity contribution in [1.29, 1.82) is 0 Å². The fraction of sp³-hybridized carbons (Fsp3) is 0.680. The van der Waals surface area contributed by atoms with Gasteiger partial charge in [0, 0.05) is 22.8 Å². The van der Waals surface area contributed by atoms with Gasteiger partial charge in [0.25, 0.3) is 0 Å². The highest BCUT2D eigenvalue weighted by Crippen LogP contribution is 2.73. The normalized spacial score (nSPS) is 46.9. The highest BCUT2D eigenvalue weighted by atomic mass is 16.6. The molecule has 2 fully saturated rings. The highest BCUT2D eigenvalue weighted by Gasteiger charge is 2.81. The molecule has 0 aromatic rings. The summed E-state index contributed by atoms with van der Waals surface area (Å²) in [6.07, 6.45) is 2.08. The third kappa shape index (κ3) is 2.45. The summed E-state index contributed by atoms with van der Waals surface area (Å²) in [6, 6.07) is 0. The molecule has 4 rings (SSSR count). The van der Waals surface area contributed by atoms with E-state index in [0.29, 0.717) is 11.1 Å². The van der Waals surface area contributed by atoms with Gasteiger partial charge in [0.2, 0.25) is 0 Å². The fourth-order valence-corrected chi connectivity index (χ4v) is 7.01. The Morgan fingerprint density at radius 3 is 2.50 bits per heavy atom. The molecule has 0 heterocycles. The van der Waals surface area contributed by atoms with Crippen LogP contribution in [-0.4, -0.2) is 62.2 Å². The summed E-state index contributed by atoms with van der Waals surface area (Å²) in [5, 5.41) is 45.2. The van der Waals surface area contributed by atoms with Crippen molar-refractivity contribution < 1.29 is 34.8 Å². The maximum Gasteiger partial charge on any atom is 0.334 e. The summed E-state index contributed by atoms with van der Waals surface area (Å²) < 4.78 is 5.69. The van der Waals surface area contributed by atoms with Crippen LogP contribution in [0.2, 0.25) is 0 Å². The third-order valence-electron chi connectivity index (χ3n) is 9.04. The Kier molecular flexibility index (Phi) is 5.00. The standard InChI is InChI=1S/C25H34O7/c1-7-12(2)21(29)32-20-13(3)9-23-14(4)10-24(30)17(22(24,5)6)16(19(23)28)8-15(11-26)18(27)25(20,23)31/h7-9,14,16-18,20,26-27,30-31H,10-11H2,1-6H3/b12-7+/t14-,16+,17-,18-,20+,23+,24+,25+/m1/s1. The molecule has 2 saturated carbocycles. The molecular weight excluding hydrogens is 412 g/mol. The zero-order valence-corrected chi connectivity index (χ0v) is 19.5. The van der Waals surface area contributed by atoms with E-state index in [-0.39, 0.29) is 17.8 Å². The minimum absolute atomic E-state index is 0.0961. The number of aliphatic hydroxyl groups excluding tert-OH is 2. The minimum atomic E-state index is -2.21. The first-order valence-electron chi connectivity index (χ1n) is 11.3. The molecule has 0 saturated heterocycles. The summed E-state index contributed by atoms with van der Waals surface area (Å²) in [5.74, 6) is -2.72. The molecule has 1 spiro atoms. The Morgan fingerprint density at radius 1 is 1.31 bits per heavy atom. The quantitative estimate of drug-likeness (QED) is 0.294. The van der Waals surface area contributed by atoms with Crippen molar-refractivity contribution in [3.63, 3.8) is 0 Å². The van der Waals surface area contributed by atoms with Crippen molar-refractivity contribution in [2.45, 2.75) is 71.4 Å². The van der Waals surface area contributed by atoms with Crippen LogP contribution in [0.25, 0.3) is 0 Å². The first-order chi connectivity index (χ1) is 14.8. The number of carbonyl (C=O) groups excluding carboxylic acids is 2. The number of hydrogen-bond donors (Lipinski definition) is 4. The van der Waals surface area contributed by atoms with Gasteiger partial charge in [0.1, 0.15) is 6.10 Å². The highest BCUT2D eigenvalue weighted by molar-refractivity contribution is 5.96. The molecule has 0 aromatic carbocycles. The van der Waals surface area contributed by atoms with Gasteiger partial charge in [0.15, 0.2) is 17.5 Å². The van der Waals surface area contributed by atoms with Gasteiger partial charge in [0.05, 0.1) is 17.6 Å². The molecule has 4 N–H and O–H groups in total. The maximum atomic E-state index is 14.2. The van der Waals surface area contributed by atoms with E-state index >= 15 is 0 Å². The van der Waals surface area contributed by atoms with E-state index in [0.717, 1.165) is 0 Å². The van der Waals surface area contributed by atoms with Crippen LogP contribution in [0.5, 0.6) is 0 Å². The molecule has 0 aromatic heterocycles. The zero-order valence-electron chi connectivity index (χ0n) is 19.5. The SMILES string of the molecule is C/C=C(\C)C(=O)O[C@H]1C(C)=C[C@]23C(=O)[C@@H](C=C(CO)[C@@H](O)[C@]12O)[C@@H]1C(C)(C)[C@]1(O)C[C@H]3C. The lowest BCUT2D eigenvalue weighted by molar-refractivity contribution is -0.202. The molecule has 32 heavy (non-hydrogen) atoms. The van der Waals surface area contributed by atoms with Gasteiger partial charge < -0.3 is 25.2 Å². The minimum Gasteiger partial charge on any atom is -0.451 e. The molecule has 4 aliphatic rings. The number of Topliss-reactive ketones (excluding diaryl/α,β-unsaturated/α-hetero) is 1. The molecule has 4 aliphatic carbocycles. The molecule has 2 bridgehead atoms. The molecule has 7 nitrogen and oxygen atoms in total. The first kappa shape index (κ1) is 23.4. The van der Waals surface area contributed by atoms with Crippen LogP contribution < -0.4 is 0 Å². The molecule has 0 radical (unpaired) electrons.